The molecule has 134 valence electrons. The Morgan fingerprint density at radius 2 is 2.08 bits per heavy atom. The van der Waals surface area contributed by atoms with Crippen LogP contribution in [0.25, 0.3) is 5.69 Å². The topological polar surface area (TPSA) is 33.1 Å². The smallest absolute Gasteiger partial charge is 0.133 e. The molecule has 0 aliphatic carbocycles. The van der Waals surface area contributed by atoms with Gasteiger partial charge in [-0.3, -0.25) is 0 Å². The van der Waals surface area contributed by atoms with Gasteiger partial charge in [-0.1, -0.05) is 28.9 Å². The summed E-state index contributed by atoms with van der Waals surface area (Å²) in [4.78, 5) is 2.55. The summed E-state index contributed by atoms with van der Waals surface area (Å²) >= 11 is 3.60. The fourth-order valence-corrected chi connectivity index (χ4v) is 4.56. The number of halogens is 1. The van der Waals surface area contributed by atoms with Crippen molar-refractivity contribution in [2.75, 3.05) is 31.5 Å². The number of aromatic nitrogens is 2. The first-order valence-electron chi connectivity index (χ1n) is 9.60. The molecule has 4 nitrogen and oxygen atoms in total. The van der Waals surface area contributed by atoms with E-state index in [4.69, 9.17) is 5.10 Å². The molecule has 0 saturated carbocycles. The average Bonchev–Trinajstić information content (AvgIpc) is 2.83. The first-order chi connectivity index (χ1) is 12.3. The standard InChI is InChI=1S/C20H27BrN4/c1-2-24-12-9-15(10-13-24)19-18-8-3-4-11-22-20(18)25(23-19)17-7-5-6-16(21)14-17/h5-7,14-15,22H,2-4,8-13H2,1H3. The number of anilines is 1. The van der Waals surface area contributed by atoms with Gasteiger partial charge in [0.1, 0.15) is 5.82 Å². The second-order valence-corrected chi connectivity index (χ2v) is 8.11. The van der Waals surface area contributed by atoms with Gasteiger partial charge < -0.3 is 10.2 Å². The average molecular weight is 403 g/mol. The van der Waals surface area contributed by atoms with E-state index >= 15 is 0 Å². The van der Waals surface area contributed by atoms with Crippen LogP contribution in [-0.2, 0) is 6.42 Å². The van der Waals surface area contributed by atoms with Gasteiger partial charge >= 0.3 is 0 Å². The van der Waals surface area contributed by atoms with Crippen molar-refractivity contribution < 1.29 is 0 Å². The number of nitrogens with one attached hydrogen (secondary N) is 1. The van der Waals surface area contributed by atoms with Crippen molar-refractivity contribution in [3.63, 3.8) is 0 Å². The van der Waals surface area contributed by atoms with Crippen molar-refractivity contribution in [2.45, 2.75) is 44.9 Å². The van der Waals surface area contributed by atoms with E-state index in [0.29, 0.717) is 5.92 Å². The number of likely N-dealkylation sites (tertiary alicyclic amines) is 1. The molecule has 2 aromatic rings. The Morgan fingerprint density at radius 3 is 2.84 bits per heavy atom. The molecule has 2 aliphatic heterocycles. The Bertz CT molecular complexity index is 731. The fraction of sp³-hybridized carbons (Fsp3) is 0.550. The van der Waals surface area contributed by atoms with Crippen molar-refractivity contribution in [3.05, 3.63) is 40.0 Å². The van der Waals surface area contributed by atoms with Gasteiger partial charge in [-0.15, -0.1) is 0 Å². The molecule has 3 heterocycles. The van der Waals surface area contributed by atoms with E-state index in [1.54, 1.807) is 0 Å². The van der Waals surface area contributed by atoms with Crippen LogP contribution in [0.2, 0.25) is 0 Å². The molecular weight excluding hydrogens is 376 g/mol. The minimum atomic E-state index is 0.602. The number of rotatable bonds is 3. The summed E-state index contributed by atoms with van der Waals surface area (Å²) in [6.45, 7) is 6.87. The SMILES string of the molecule is CCN1CCC(c2nn(-c3cccc(Br)c3)c3c2CCCCN3)CC1. The van der Waals surface area contributed by atoms with E-state index < -0.39 is 0 Å². The Balaban J connectivity index is 1.72. The third kappa shape index (κ3) is 3.49. The largest absolute Gasteiger partial charge is 0.370 e. The quantitative estimate of drug-likeness (QED) is 0.814. The molecule has 0 radical (unpaired) electrons. The molecule has 0 atom stereocenters. The highest BCUT2D eigenvalue weighted by Crippen LogP contribution is 2.36. The molecule has 1 fully saturated rings. The molecule has 25 heavy (non-hydrogen) atoms. The van der Waals surface area contributed by atoms with Crippen molar-refractivity contribution in [3.8, 4) is 5.69 Å². The minimum Gasteiger partial charge on any atom is -0.370 e. The van der Waals surface area contributed by atoms with Crippen molar-refractivity contribution in [1.29, 1.82) is 0 Å². The van der Waals surface area contributed by atoms with E-state index in [2.05, 4.69) is 62.0 Å². The van der Waals surface area contributed by atoms with E-state index in [1.807, 2.05) is 0 Å². The van der Waals surface area contributed by atoms with E-state index in [0.717, 1.165) is 23.1 Å². The van der Waals surface area contributed by atoms with E-state index in [-0.39, 0.29) is 0 Å². The molecule has 0 unspecified atom stereocenters. The number of piperidine rings is 1. The van der Waals surface area contributed by atoms with Crippen LogP contribution in [-0.4, -0.2) is 40.9 Å². The zero-order valence-electron chi connectivity index (χ0n) is 15.0. The maximum Gasteiger partial charge on any atom is 0.133 e. The summed E-state index contributed by atoms with van der Waals surface area (Å²) in [6, 6.07) is 8.46. The summed E-state index contributed by atoms with van der Waals surface area (Å²) in [5, 5.41) is 8.80. The van der Waals surface area contributed by atoms with Gasteiger partial charge in [0.05, 0.1) is 11.4 Å². The Labute approximate surface area is 158 Å². The van der Waals surface area contributed by atoms with Gasteiger partial charge in [0, 0.05) is 22.5 Å². The highest BCUT2D eigenvalue weighted by atomic mass is 79.9. The van der Waals surface area contributed by atoms with Crippen LogP contribution in [0, 0.1) is 0 Å². The van der Waals surface area contributed by atoms with Crippen LogP contribution in [0.15, 0.2) is 28.7 Å². The lowest BCUT2D eigenvalue weighted by molar-refractivity contribution is 0.220. The molecule has 1 N–H and O–H groups in total. The predicted octanol–water partition coefficient (Wildman–Crippen LogP) is 4.58. The van der Waals surface area contributed by atoms with Crippen LogP contribution in [0.5, 0.6) is 0 Å². The molecule has 1 saturated heterocycles. The first kappa shape index (κ1) is 17.1. The third-order valence-electron chi connectivity index (χ3n) is 5.63. The van der Waals surface area contributed by atoms with Gasteiger partial charge in [0.2, 0.25) is 0 Å². The lowest BCUT2D eigenvalue weighted by atomic mass is 9.90. The number of benzene rings is 1. The van der Waals surface area contributed by atoms with E-state index in [9.17, 15) is 0 Å². The molecule has 0 spiro atoms. The van der Waals surface area contributed by atoms with Crippen LogP contribution in [0.1, 0.15) is 49.8 Å². The molecule has 0 amide bonds. The zero-order valence-corrected chi connectivity index (χ0v) is 16.6. The zero-order chi connectivity index (χ0) is 17.2. The van der Waals surface area contributed by atoms with Crippen molar-refractivity contribution in [1.82, 2.24) is 14.7 Å². The van der Waals surface area contributed by atoms with Gasteiger partial charge in [-0.25, -0.2) is 4.68 Å². The van der Waals surface area contributed by atoms with Crippen LogP contribution in [0.3, 0.4) is 0 Å². The summed E-state index contributed by atoms with van der Waals surface area (Å²) < 4.78 is 3.24. The molecule has 1 aromatic carbocycles. The number of fused-ring (bicyclic) bond motifs is 1. The number of hydrogen-bond donors (Lipinski definition) is 1. The predicted molar refractivity (Wildman–Crippen MR) is 107 cm³/mol. The third-order valence-corrected chi connectivity index (χ3v) is 6.13. The van der Waals surface area contributed by atoms with Crippen molar-refractivity contribution in [2.24, 2.45) is 0 Å². The lowest BCUT2D eigenvalue weighted by Gasteiger charge is -2.30. The van der Waals surface area contributed by atoms with Crippen molar-refractivity contribution >= 4 is 21.7 Å². The Hall–Kier alpha value is -1.33. The molecule has 1 aromatic heterocycles. The molecule has 5 heteroatoms. The maximum absolute atomic E-state index is 5.13. The summed E-state index contributed by atoms with van der Waals surface area (Å²) in [6.07, 6.45) is 6.11. The summed E-state index contributed by atoms with van der Waals surface area (Å²) in [7, 11) is 0. The Kier molecular flexibility index (Phi) is 5.13. The first-order valence-corrected chi connectivity index (χ1v) is 10.4. The summed E-state index contributed by atoms with van der Waals surface area (Å²) in [5.74, 6) is 1.83. The van der Waals surface area contributed by atoms with Crippen LogP contribution >= 0.6 is 15.9 Å². The lowest BCUT2D eigenvalue weighted by Crippen LogP contribution is -2.33. The van der Waals surface area contributed by atoms with Gasteiger partial charge in [-0.05, 0) is 69.9 Å². The van der Waals surface area contributed by atoms with E-state index in [1.165, 1.54) is 62.4 Å². The Morgan fingerprint density at radius 1 is 1.24 bits per heavy atom. The highest BCUT2D eigenvalue weighted by Gasteiger charge is 2.28. The van der Waals surface area contributed by atoms with Gasteiger partial charge in [0.25, 0.3) is 0 Å². The normalized spacial score (nSPS) is 19.3. The highest BCUT2D eigenvalue weighted by molar-refractivity contribution is 9.10. The minimum absolute atomic E-state index is 0.602. The maximum atomic E-state index is 5.13. The second-order valence-electron chi connectivity index (χ2n) is 7.20. The molecule has 2 aliphatic rings. The molecular formula is C20H27BrN4. The molecule has 0 bridgehead atoms. The van der Waals surface area contributed by atoms with Gasteiger partial charge in [-0.2, -0.15) is 5.10 Å². The summed E-state index contributed by atoms with van der Waals surface area (Å²) in [5.41, 5.74) is 3.95. The number of nitrogens with zero attached hydrogens (tertiary/aromatic N) is 3. The second kappa shape index (κ2) is 7.50. The fourth-order valence-electron chi connectivity index (χ4n) is 4.17. The van der Waals surface area contributed by atoms with Gasteiger partial charge in [0.15, 0.2) is 0 Å². The monoisotopic (exact) mass is 402 g/mol. The van der Waals surface area contributed by atoms with Crippen LogP contribution in [0.4, 0.5) is 5.82 Å². The number of hydrogen-bond acceptors (Lipinski definition) is 3. The molecule has 4 rings (SSSR count). The van der Waals surface area contributed by atoms with Crippen LogP contribution < -0.4 is 5.32 Å².